The van der Waals surface area contributed by atoms with Gasteiger partial charge < -0.3 is 15.4 Å². The lowest BCUT2D eigenvalue weighted by atomic mass is 10.0. The van der Waals surface area contributed by atoms with Crippen LogP contribution < -0.4 is 26.2 Å². The summed E-state index contributed by atoms with van der Waals surface area (Å²) < 4.78 is 5.22. The van der Waals surface area contributed by atoms with Crippen LogP contribution in [0.5, 0.6) is 5.75 Å². The zero-order chi connectivity index (χ0) is 18.5. The Morgan fingerprint density at radius 2 is 1.85 bits per heavy atom. The molecule has 26 heavy (non-hydrogen) atoms. The Morgan fingerprint density at radius 1 is 1.08 bits per heavy atom. The number of nitrogens with one attached hydrogen (secondary N) is 4. The summed E-state index contributed by atoms with van der Waals surface area (Å²) in [6, 6.07) is 14.8. The minimum absolute atomic E-state index is 0.0813. The van der Waals surface area contributed by atoms with E-state index in [0.29, 0.717) is 23.5 Å². The van der Waals surface area contributed by atoms with E-state index in [9.17, 15) is 9.59 Å². The first-order valence-electron chi connectivity index (χ1n) is 8.39. The Kier molecular flexibility index (Phi) is 5.50. The van der Waals surface area contributed by atoms with Crippen LogP contribution in [0.1, 0.15) is 24.9 Å². The maximum absolute atomic E-state index is 12.5. The highest BCUT2D eigenvalue weighted by Gasteiger charge is 2.30. The van der Waals surface area contributed by atoms with Gasteiger partial charge in [0.15, 0.2) is 0 Å². The molecule has 1 fully saturated rings. The summed E-state index contributed by atoms with van der Waals surface area (Å²) in [5.74, 6) is 0.178. The van der Waals surface area contributed by atoms with Crippen LogP contribution in [0.25, 0.3) is 0 Å². The molecule has 1 saturated heterocycles. The van der Waals surface area contributed by atoms with E-state index in [0.717, 1.165) is 5.56 Å². The van der Waals surface area contributed by atoms with Gasteiger partial charge in [0.05, 0.1) is 12.8 Å². The summed E-state index contributed by atoms with van der Waals surface area (Å²) in [6.07, 6.45) is 0.643. The lowest BCUT2D eigenvalue weighted by Crippen LogP contribution is -2.39. The molecule has 1 aliphatic heterocycles. The Morgan fingerprint density at radius 3 is 2.54 bits per heavy atom. The molecule has 7 nitrogen and oxygen atoms in total. The van der Waals surface area contributed by atoms with Crippen LogP contribution in [0.15, 0.2) is 48.5 Å². The number of hydrogen-bond acceptors (Lipinski definition) is 5. The van der Waals surface area contributed by atoms with Crippen molar-refractivity contribution in [1.29, 1.82) is 0 Å². The number of rotatable bonds is 5. The molecule has 136 valence electrons. The minimum Gasteiger partial charge on any atom is -0.495 e. The van der Waals surface area contributed by atoms with Gasteiger partial charge in [-0.1, -0.05) is 30.3 Å². The van der Waals surface area contributed by atoms with Crippen molar-refractivity contribution in [3.05, 3.63) is 54.1 Å². The van der Waals surface area contributed by atoms with Gasteiger partial charge in [0.2, 0.25) is 11.8 Å². The van der Waals surface area contributed by atoms with Crippen molar-refractivity contribution in [3.8, 4) is 5.75 Å². The molecule has 7 heteroatoms. The molecule has 2 unspecified atom stereocenters. The number of anilines is 2. The monoisotopic (exact) mass is 354 g/mol. The Bertz CT molecular complexity index is 795. The quantitative estimate of drug-likeness (QED) is 0.661. The average molecular weight is 354 g/mol. The zero-order valence-corrected chi connectivity index (χ0v) is 14.7. The second-order valence-corrected chi connectivity index (χ2v) is 6.13. The molecule has 0 aromatic heterocycles. The molecule has 2 aromatic carbocycles. The number of hydrazine groups is 1. The van der Waals surface area contributed by atoms with E-state index in [1.807, 2.05) is 30.3 Å². The Hall–Kier alpha value is -2.90. The Balaban J connectivity index is 1.66. The van der Waals surface area contributed by atoms with Gasteiger partial charge in [0, 0.05) is 18.7 Å². The van der Waals surface area contributed by atoms with E-state index in [2.05, 4.69) is 21.5 Å². The van der Waals surface area contributed by atoms with Gasteiger partial charge in [0.1, 0.15) is 11.8 Å². The molecule has 0 radical (unpaired) electrons. The third-order valence-electron chi connectivity index (χ3n) is 4.20. The van der Waals surface area contributed by atoms with Crippen LogP contribution in [0, 0.1) is 0 Å². The first-order chi connectivity index (χ1) is 12.6. The maximum atomic E-state index is 12.5. The topological polar surface area (TPSA) is 91.5 Å². The molecule has 4 N–H and O–H groups in total. The Labute approximate surface area is 152 Å². The van der Waals surface area contributed by atoms with Gasteiger partial charge >= 0.3 is 0 Å². The molecule has 0 aliphatic carbocycles. The van der Waals surface area contributed by atoms with Gasteiger partial charge in [-0.05, 0) is 30.2 Å². The molecule has 1 heterocycles. The number of carbonyl (C=O) groups is 2. The third kappa shape index (κ3) is 4.19. The van der Waals surface area contributed by atoms with Crippen molar-refractivity contribution in [2.45, 2.75) is 25.4 Å². The molecular formula is C19H22N4O3. The highest BCUT2D eigenvalue weighted by atomic mass is 16.5. The number of hydrogen-bond donors (Lipinski definition) is 4. The maximum Gasteiger partial charge on any atom is 0.242 e. The standard InChI is InChI=1S/C19H22N4O3/c1-12(24)20-16-10-14(8-9-18(16)26-2)21-19(25)17-11-15(22-23-17)13-6-4-3-5-7-13/h3-10,15,17,22-23H,11H2,1-2H3,(H,20,24)(H,21,25). The first kappa shape index (κ1) is 17.9. The fourth-order valence-corrected chi connectivity index (χ4v) is 2.93. The molecule has 1 aliphatic rings. The van der Waals surface area contributed by atoms with E-state index in [1.54, 1.807) is 18.2 Å². The van der Waals surface area contributed by atoms with Crippen molar-refractivity contribution in [2.75, 3.05) is 17.7 Å². The van der Waals surface area contributed by atoms with Gasteiger partial charge in [-0.25, -0.2) is 10.9 Å². The summed E-state index contributed by atoms with van der Waals surface area (Å²) in [5, 5.41) is 5.57. The summed E-state index contributed by atoms with van der Waals surface area (Å²) in [4.78, 5) is 23.9. The molecular weight excluding hydrogens is 332 g/mol. The summed E-state index contributed by atoms with van der Waals surface area (Å²) in [7, 11) is 1.52. The van der Waals surface area contributed by atoms with Crippen LogP contribution in [0.4, 0.5) is 11.4 Å². The third-order valence-corrected chi connectivity index (χ3v) is 4.20. The average Bonchev–Trinajstić information content (AvgIpc) is 3.12. The van der Waals surface area contributed by atoms with Crippen molar-refractivity contribution >= 4 is 23.2 Å². The summed E-state index contributed by atoms with van der Waals surface area (Å²) in [5.41, 5.74) is 8.43. The SMILES string of the molecule is COc1ccc(NC(=O)C2CC(c3ccccc3)NN2)cc1NC(C)=O. The van der Waals surface area contributed by atoms with Gasteiger partial charge in [-0.3, -0.25) is 9.59 Å². The smallest absolute Gasteiger partial charge is 0.242 e. The summed E-state index contributed by atoms with van der Waals surface area (Å²) >= 11 is 0. The van der Waals surface area contributed by atoms with Crippen LogP contribution in [-0.2, 0) is 9.59 Å². The molecule has 0 bridgehead atoms. The molecule has 3 rings (SSSR count). The number of methoxy groups -OCH3 is 1. The first-order valence-corrected chi connectivity index (χ1v) is 8.39. The van der Waals surface area contributed by atoms with Crippen LogP contribution in [0.3, 0.4) is 0 Å². The van der Waals surface area contributed by atoms with E-state index in [4.69, 9.17) is 4.74 Å². The minimum atomic E-state index is -0.355. The van der Waals surface area contributed by atoms with Crippen LogP contribution >= 0.6 is 0 Å². The highest BCUT2D eigenvalue weighted by Crippen LogP contribution is 2.28. The lowest BCUT2D eigenvalue weighted by molar-refractivity contribution is -0.118. The second kappa shape index (κ2) is 7.99. The molecule has 0 saturated carbocycles. The van der Waals surface area contributed by atoms with Gasteiger partial charge in [0.25, 0.3) is 0 Å². The number of benzene rings is 2. The highest BCUT2D eigenvalue weighted by molar-refractivity contribution is 5.97. The van der Waals surface area contributed by atoms with Crippen LogP contribution in [-0.4, -0.2) is 25.0 Å². The zero-order valence-electron chi connectivity index (χ0n) is 14.7. The fourth-order valence-electron chi connectivity index (χ4n) is 2.93. The van der Waals surface area contributed by atoms with Gasteiger partial charge in [-0.15, -0.1) is 0 Å². The predicted octanol–water partition coefficient (Wildman–Crippen LogP) is 2.20. The van der Waals surface area contributed by atoms with Crippen molar-refractivity contribution in [2.24, 2.45) is 0 Å². The van der Waals surface area contributed by atoms with Gasteiger partial charge in [-0.2, -0.15) is 0 Å². The number of amides is 2. The predicted molar refractivity (Wildman–Crippen MR) is 99.8 cm³/mol. The van der Waals surface area contributed by atoms with Crippen molar-refractivity contribution in [1.82, 2.24) is 10.9 Å². The van der Waals surface area contributed by atoms with Crippen molar-refractivity contribution in [3.63, 3.8) is 0 Å². The second-order valence-electron chi connectivity index (χ2n) is 6.13. The van der Waals surface area contributed by atoms with E-state index >= 15 is 0 Å². The molecule has 0 spiro atoms. The molecule has 2 amide bonds. The fraction of sp³-hybridized carbons (Fsp3) is 0.263. The molecule has 2 aromatic rings. The molecule has 2 atom stereocenters. The van der Waals surface area contributed by atoms with Crippen molar-refractivity contribution < 1.29 is 14.3 Å². The van der Waals surface area contributed by atoms with Crippen LogP contribution in [0.2, 0.25) is 0 Å². The van der Waals surface area contributed by atoms with E-state index in [-0.39, 0.29) is 23.9 Å². The largest absolute Gasteiger partial charge is 0.495 e. The number of ether oxygens (including phenoxy) is 1. The van der Waals surface area contributed by atoms with E-state index in [1.165, 1.54) is 14.0 Å². The van der Waals surface area contributed by atoms with E-state index < -0.39 is 0 Å². The normalized spacial score (nSPS) is 19.0. The summed E-state index contributed by atoms with van der Waals surface area (Å²) in [6.45, 7) is 1.42. The number of carbonyl (C=O) groups excluding carboxylic acids is 2. The lowest BCUT2D eigenvalue weighted by Gasteiger charge is -2.14.